The quantitative estimate of drug-likeness (QED) is 0.562. The van der Waals surface area contributed by atoms with E-state index in [1.807, 2.05) is 54.5 Å². The molecule has 0 aliphatic carbocycles. The maximum absolute atomic E-state index is 7.49. The second kappa shape index (κ2) is 5.24. The molecule has 0 aliphatic rings. The molecule has 0 spiro atoms. The molecule has 0 atom stereocenters. The minimum Gasteiger partial charge on any atom is -0.384 e. The van der Waals surface area contributed by atoms with Crippen LogP contribution in [0.2, 0.25) is 0 Å². The van der Waals surface area contributed by atoms with Gasteiger partial charge in [0.25, 0.3) is 0 Å². The third-order valence-electron chi connectivity index (χ3n) is 3.29. The van der Waals surface area contributed by atoms with E-state index in [1.165, 1.54) is 0 Å². The summed E-state index contributed by atoms with van der Waals surface area (Å²) in [6, 6.07) is 11.5. The first-order chi connectivity index (χ1) is 10.1. The van der Waals surface area contributed by atoms with Crippen LogP contribution in [0.1, 0.15) is 11.1 Å². The molecule has 21 heavy (non-hydrogen) atoms. The summed E-state index contributed by atoms with van der Waals surface area (Å²) >= 11 is 0. The Bertz CT molecular complexity index is 791. The van der Waals surface area contributed by atoms with Gasteiger partial charge in [-0.05, 0) is 17.7 Å². The molecule has 0 amide bonds. The first-order valence-corrected chi connectivity index (χ1v) is 6.58. The SMILES string of the molecule is CN(Cc1cccc(C(=N)N)c1)c1ccn2nccc2n1. The maximum Gasteiger partial charge on any atom is 0.157 e. The Kier molecular flexibility index (Phi) is 3.27. The Labute approximate surface area is 122 Å². The summed E-state index contributed by atoms with van der Waals surface area (Å²) in [6.07, 6.45) is 3.61. The Morgan fingerprint density at radius 2 is 2.19 bits per heavy atom. The van der Waals surface area contributed by atoms with E-state index in [0.29, 0.717) is 6.54 Å². The topological polar surface area (TPSA) is 83.3 Å². The average Bonchev–Trinajstić information content (AvgIpc) is 2.94. The molecule has 0 radical (unpaired) electrons. The minimum atomic E-state index is 0.0818. The molecule has 3 rings (SSSR count). The Morgan fingerprint density at radius 3 is 3.00 bits per heavy atom. The fourth-order valence-electron chi connectivity index (χ4n) is 2.21. The summed E-state index contributed by atoms with van der Waals surface area (Å²) in [5.41, 5.74) is 8.16. The van der Waals surface area contributed by atoms with Crippen molar-refractivity contribution in [3.05, 3.63) is 59.9 Å². The lowest BCUT2D eigenvalue weighted by molar-refractivity contribution is 0.877. The number of hydrogen-bond acceptors (Lipinski definition) is 4. The lowest BCUT2D eigenvalue weighted by Crippen LogP contribution is -2.19. The molecule has 3 N–H and O–H groups in total. The highest BCUT2D eigenvalue weighted by molar-refractivity contribution is 5.95. The van der Waals surface area contributed by atoms with Crippen LogP contribution in [0.5, 0.6) is 0 Å². The number of amidine groups is 1. The van der Waals surface area contributed by atoms with Gasteiger partial charge < -0.3 is 10.6 Å². The van der Waals surface area contributed by atoms with E-state index in [2.05, 4.69) is 10.1 Å². The molecule has 2 heterocycles. The van der Waals surface area contributed by atoms with E-state index in [4.69, 9.17) is 11.1 Å². The van der Waals surface area contributed by atoms with Crippen LogP contribution in [-0.4, -0.2) is 27.5 Å². The van der Waals surface area contributed by atoms with Gasteiger partial charge in [-0.3, -0.25) is 5.41 Å². The standard InChI is InChI=1S/C15H16N6/c1-20(10-11-3-2-4-12(9-11)15(16)17)13-6-8-21-14(19-13)5-7-18-21/h2-9H,10H2,1H3,(H3,16,17). The molecule has 0 saturated carbocycles. The van der Waals surface area contributed by atoms with Crippen molar-refractivity contribution >= 4 is 17.3 Å². The molecule has 1 aromatic carbocycles. The highest BCUT2D eigenvalue weighted by Crippen LogP contribution is 2.14. The van der Waals surface area contributed by atoms with Gasteiger partial charge in [0.15, 0.2) is 5.65 Å². The van der Waals surface area contributed by atoms with Crippen molar-refractivity contribution in [3.63, 3.8) is 0 Å². The van der Waals surface area contributed by atoms with Crippen LogP contribution in [0.3, 0.4) is 0 Å². The number of nitrogens with one attached hydrogen (secondary N) is 1. The average molecular weight is 280 g/mol. The zero-order valence-corrected chi connectivity index (χ0v) is 11.7. The van der Waals surface area contributed by atoms with Crippen LogP contribution in [0.4, 0.5) is 5.82 Å². The highest BCUT2D eigenvalue weighted by Gasteiger charge is 2.06. The molecule has 106 valence electrons. The number of aromatic nitrogens is 3. The summed E-state index contributed by atoms with van der Waals surface area (Å²) in [7, 11) is 1.98. The van der Waals surface area contributed by atoms with E-state index in [9.17, 15) is 0 Å². The number of nitrogens with two attached hydrogens (primary N) is 1. The molecular formula is C15H16N6. The maximum atomic E-state index is 7.49. The van der Waals surface area contributed by atoms with Crippen molar-refractivity contribution in [2.75, 3.05) is 11.9 Å². The van der Waals surface area contributed by atoms with E-state index in [-0.39, 0.29) is 5.84 Å². The Morgan fingerprint density at radius 1 is 1.33 bits per heavy atom. The van der Waals surface area contributed by atoms with Crippen LogP contribution < -0.4 is 10.6 Å². The molecule has 0 fully saturated rings. The monoisotopic (exact) mass is 280 g/mol. The normalized spacial score (nSPS) is 10.7. The molecule has 0 saturated heterocycles. The van der Waals surface area contributed by atoms with Crippen LogP contribution in [-0.2, 0) is 6.54 Å². The van der Waals surface area contributed by atoms with Gasteiger partial charge >= 0.3 is 0 Å². The molecule has 2 aromatic heterocycles. The van der Waals surface area contributed by atoms with Gasteiger partial charge in [0.05, 0.1) is 6.20 Å². The molecule has 6 nitrogen and oxygen atoms in total. The molecule has 0 aliphatic heterocycles. The van der Waals surface area contributed by atoms with Gasteiger partial charge in [-0.1, -0.05) is 18.2 Å². The zero-order valence-electron chi connectivity index (χ0n) is 11.7. The summed E-state index contributed by atoms with van der Waals surface area (Å²) in [6.45, 7) is 0.693. The molecule has 0 bridgehead atoms. The molecule has 0 unspecified atom stereocenters. The number of anilines is 1. The first kappa shape index (κ1) is 13.1. The number of fused-ring (bicyclic) bond motifs is 1. The summed E-state index contributed by atoms with van der Waals surface area (Å²) < 4.78 is 1.73. The van der Waals surface area contributed by atoms with Crippen molar-refractivity contribution in [2.24, 2.45) is 5.73 Å². The number of rotatable bonds is 4. The molecule has 6 heteroatoms. The molecule has 3 aromatic rings. The predicted octanol–water partition coefficient (Wildman–Crippen LogP) is 1.65. The van der Waals surface area contributed by atoms with Crippen LogP contribution >= 0.6 is 0 Å². The number of benzene rings is 1. The second-order valence-corrected chi connectivity index (χ2v) is 4.89. The first-order valence-electron chi connectivity index (χ1n) is 6.58. The summed E-state index contributed by atoms with van der Waals surface area (Å²) in [5.74, 6) is 0.953. The Hall–Kier alpha value is -2.89. The fraction of sp³-hybridized carbons (Fsp3) is 0.133. The van der Waals surface area contributed by atoms with Crippen LogP contribution in [0, 0.1) is 5.41 Å². The third kappa shape index (κ3) is 2.69. The lowest BCUT2D eigenvalue weighted by Gasteiger charge is -2.18. The van der Waals surface area contributed by atoms with Crippen molar-refractivity contribution in [3.8, 4) is 0 Å². The Balaban J connectivity index is 1.83. The van der Waals surface area contributed by atoms with Gasteiger partial charge in [0.2, 0.25) is 0 Å². The van der Waals surface area contributed by atoms with E-state index in [1.54, 1.807) is 10.7 Å². The van der Waals surface area contributed by atoms with Gasteiger partial charge in [-0.15, -0.1) is 0 Å². The largest absolute Gasteiger partial charge is 0.384 e. The van der Waals surface area contributed by atoms with E-state index in [0.717, 1.165) is 22.6 Å². The minimum absolute atomic E-state index is 0.0818. The third-order valence-corrected chi connectivity index (χ3v) is 3.29. The predicted molar refractivity (Wildman–Crippen MR) is 82.6 cm³/mol. The number of nitrogen functional groups attached to an aromatic ring is 1. The van der Waals surface area contributed by atoms with Crippen molar-refractivity contribution in [1.29, 1.82) is 5.41 Å². The van der Waals surface area contributed by atoms with E-state index < -0.39 is 0 Å². The van der Waals surface area contributed by atoms with Gasteiger partial charge in [0.1, 0.15) is 11.7 Å². The van der Waals surface area contributed by atoms with Crippen molar-refractivity contribution in [2.45, 2.75) is 6.54 Å². The fourth-order valence-corrected chi connectivity index (χ4v) is 2.21. The van der Waals surface area contributed by atoms with Gasteiger partial charge in [0, 0.05) is 31.4 Å². The smallest absolute Gasteiger partial charge is 0.157 e. The van der Waals surface area contributed by atoms with Gasteiger partial charge in [-0.25, -0.2) is 9.50 Å². The van der Waals surface area contributed by atoms with Crippen LogP contribution in [0.25, 0.3) is 5.65 Å². The van der Waals surface area contributed by atoms with Crippen molar-refractivity contribution in [1.82, 2.24) is 14.6 Å². The summed E-state index contributed by atoms with van der Waals surface area (Å²) in [4.78, 5) is 6.60. The van der Waals surface area contributed by atoms with Gasteiger partial charge in [-0.2, -0.15) is 5.10 Å². The van der Waals surface area contributed by atoms with E-state index >= 15 is 0 Å². The summed E-state index contributed by atoms with van der Waals surface area (Å²) in [5, 5.41) is 11.6. The number of hydrogen-bond donors (Lipinski definition) is 2. The van der Waals surface area contributed by atoms with Crippen LogP contribution in [0.15, 0.2) is 48.8 Å². The highest BCUT2D eigenvalue weighted by atomic mass is 15.3. The molecular weight excluding hydrogens is 264 g/mol. The lowest BCUT2D eigenvalue weighted by atomic mass is 10.1. The second-order valence-electron chi connectivity index (χ2n) is 4.89. The number of nitrogens with zero attached hydrogens (tertiary/aromatic N) is 4. The van der Waals surface area contributed by atoms with Crippen molar-refractivity contribution < 1.29 is 0 Å². The zero-order chi connectivity index (χ0) is 14.8.